The van der Waals surface area contributed by atoms with E-state index in [-0.39, 0.29) is 5.56 Å². The zero-order valence-electron chi connectivity index (χ0n) is 6.23. The van der Waals surface area contributed by atoms with Crippen molar-refractivity contribution in [1.82, 2.24) is 0 Å². The van der Waals surface area contributed by atoms with Gasteiger partial charge in [0.1, 0.15) is 5.71 Å². The maximum atomic E-state index is 8.63. The highest BCUT2D eigenvalue weighted by Crippen LogP contribution is 2.07. The van der Waals surface area contributed by atoms with Crippen molar-refractivity contribution >= 4 is 5.71 Å². The fourth-order valence-corrected chi connectivity index (χ4v) is 0.798. The molecule has 0 saturated heterocycles. The molecule has 1 aromatic rings. The summed E-state index contributed by atoms with van der Waals surface area (Å²) in [7, 11) is 0. The van der Waals surface area contributed by atoms with Gasteiger partial charge in [-0.05, 0) is 0 Å². The first-order chi connectivity index (χ1) is 5.52. The Morgan fingerprint density at radius 1 is 1.08 bits per heavy atom. The SMILES string of the molecule is N=C(c1ccccc1)C(O)(O)O. The standard InChI is InChI=1S/C8H9NO3/c9-7(8(10,11)12)6-4-2-1-3-5-6/h1-5,9-12H. The fraction of sp³-hybridized carbons (Fsp3) is 0.125. The first-order valence-electron chi connectivity index (χ1n) is 3.33. The van der Waals surface area contributed by atoms with Crippen LogP contribution in [0.2, 0.25) is 0 Å². The number of aliphatic hydroxyl groups is 3. The molecular formula is C8H9NO3. The summed E-state index contributed by atoms with van der Waals surface area (Å²) in [6, 6.07) is 8.00. The van der Waals surface area contributed by atoms with Crippen molar-refractivity contribution in [2.75, 3.05) is 0 Å². The van der Waals surface area contributed by atoms with Gasteiger partial charge >= 0.3 is 5.97 Å². The lowest BCUT2D eigenvalue weighted by atomic mass is 10.1. The third-order valence-corrected chi connectivity index (χ3v) is 1.40. The van der Waals surface area contributed by atoms with Gasteiger partial charge in [0.25, 0.3) is 0 Å². The van der Waals surface area contributed by atoms with Gasteiger partial charge in [0.15, 0.2) is 0 Å². The Morgan fingerprint density at radius 3 is 2.00 bits per heavy atom. The molecule has 0 aliphatic heterocycles. The summed E-state index contributed by atoms with van der Waals surface area (Å²) in [6.45, 7) is 0. The van der Waals surface area contributed by atoms with E-state index in [1.807, 2.05) is 0 Å². The molecule has 0 heterocycles. The maximum Gasteiger partial charge on any atom is 0.322 e. The Morgan fingerprint density at radius 2 is 1.58 bits per heavy atom. The van der Waals surface area contributed by atoms with E-state index in [1.54, 1.807) is 18.2 Å². The number of benzene rings is 1. The monoisotopic (exact) mass is 167 g/mol. The van der Waals surface area contributed by atoms with Crippen molar-refractivity contribution in [3.05, 3.63) is 35.9 Å². The minimum absolute atomic E-state index is 0.269. The summed E-state index contributed by atoms with van der Waals surface area (Å²) in [4.78, 5) is 0. The highest BCUT2D eigenvalue weighted by atomic mass is 16.7. The smallest absolute Gasteiger partial charge is 0.322 e. The van der Waals surface area contributed by atoms with Crippen LogP contribution in [0.25, 0.3) is 0 Å². The molecule has 1 aromatic carbocycles. The molecule has 0 aromatic heterocycles. The van der Waals surface area contributed by atoms with Gasteiger partial charge < -0.3 is 15.3 Å². The van der Waals surface area contributed by atoms with E-state index in [9.17, 15) is 0 Å². The summed E-state index contributed by atoms with van der Waals surface area (Å²) in [5.74, 6) is -3.05. The van der Waals surface area contributed by atoms with Gasteiger partial charge in [-0.25, -0.2) is 0 Å². The largest absolute Gasteiger partial charge is 0.338 e. The van der Waals surface area contributed by atoms with Crippen LogP contribution < -0.4 is 0 Å². The molecule has 4 N–H and O–H groups in total. The van der Waals surface area contributed by atoms with E-state index < -0.39 is 11.7 Å². The van der Waals surface area contributed by atoms with Crippen LogP contribution in [0.5, 0.6) is 0 Å². The molecule has 0 radical (unpaired) electrons. The van der Waals surface area contributed by atoms with Gasteiger partial charge in [0.2, 0.25) is 0 Å². The van der Waals surface area contributed by atoms with E-state index in [2.05, 4.69) is 0 Å². The van der Waals surface area contributed by atoms with Crippen LogP contribution >= 0.6 is 0 Å². The van der Waals surface area contributed by atoms with Gasteiger partial charge in [-0.3, -0.25) is 5.41 Å². The van der Waals surface area contributed by atoms with E-state index in [4.69, 9.17) is 20.7 Å². The molecule has 4 heteroatoms. The molecule has 64 valence electrons. The Kier molecular flexibility index (Phi) is 2.23. The Labute approximate surface area is 69.2 Å². The predicted molar refractivity (Wildman–Crippen MR) is 42.7 cm³/mol. The van der Waals surface area contributed by atoms with Gasteiger partial charge in [-0.1, -0.05) is 30.3 Å². The van der Waals surface area contributed by atoms with Gasteiger partial charge in [0.05, 0.1) is 0 Å². The minimum Gasteiger partial charge on any atom is -0.338 e. The first-order valence-corrected chi connectivity index (χ1v) is 3.33. The molecule has 0 bridgehead atoms. The van der Waals surface area contributed by atoms with Crippen molar-refractivity contribution in [2.24, 2.45) is 0 Å². The van der Waals surface area contributed by atoms with E-state index in [1.165, 1.54) is 12.1 Å². The Balaban J connectivity index is 2.94. The van der Waals surface area contributed by atoms with Crippen LogP contribution in [0.1, 0.15) is 5.56 Å². The Hall–Kier alpha value is -1.23. The summed E-state index contributed by atoms with van der Waals surface area (Å²) in [5, 5.41) is 33.0. The summed E-state index contributed by atoms with van der Waals surface area (Å²) < 4.78 is 0. The lowest BCUT2D eigenvalue weighted by Gasteiger charge is -2.14. The van der Waals surface area contributed by atoms with Crippen LogP contribution in [-0.2, 0) is 0 Å². The van der Waals surface area contributed by atoms with Crippen molar-refractivity contribution in [3.63, 3.8) is 0 Å². The molecule has 12 heavy (non-hydrogen) atoms. The van der Waals surface area contributed by atoms with E-state index in [0.29, 0.717) is 0 Å². The van der Waals surface area contributed by atoms with Gasteiger partial charge in [-0.2, -0.15) is 0 Å². The molecule has 4 nitrogen and oxygen atoms in total. The summed E-state index contributed by atoms with van der Waals surface area (Å²) >= 11 is 0. The highest BCUT2D eigenvalue weighted by Gasteiger charge is 2.26. The molecule has 0 aliphatic carbocycles. The topological polar surface area (TPSA) is 84.5 Å². The number of rotatable bonds is 2. The van der Waals surface area contributed by atoms with Crippen LogP contribution in [0, 0.1) is 5.41 Å². The third kappa shape index (κ3) is 1.88. The second-order valence-corrected chi connectivity index (χ2v) is 2.38. The molecule has 0 aliphatic rings. The maximum absolute atomic E-state index is 8.63. The molecular weight excluding hydrogens is 158 g/mol. The normalized spacial score (nSPS) is 11.2. The molecule has 1 rings (SSSR count). The lowest BCUT2D eigenvalue weighted by Crippen LogP contribution is -2.37. The zero-order valence-corrected chi connectivity index (χ0v) is 6.23. The molecule has 0 unspecified atom stereocenters. The van der Waals surface area contributed by atoms with Crippen LogP contribution in [0.15, 0.2) is 30.3 Å². The summed E-state index contributed by atoms with van der Waals surface area (Å²) in [5.41, 5.74) is -0.367. The van der Waals surface area contributed by atoms with Crippen molar-refractivity contribution in [2.45, 2.75) is 5.97 Å². The van der Waals surface area contributed by atoms with Gasteiger partial charge in [-0.15, -0.1) is 0 Å². The lowest BCUT2D eigenvalue weighted by molar-refractivity contribution is -0.255. The molecule has 0 fully saturated rings. The summed E-state index contributed by atoms with van der Waals surface area (Å²) in [6.07, 6.45) is 0. The van der Waals surface area contributed by atoms with Crippen molar-refractivity contribution < 1.29 is 15.3 Å². The predicted octanol–water partition coefficient (Wildman–Crippen LogP) is -0.315. The molecule has 0 spiro atoms. The molecule has 0 saturated carbocycles. The number of hydrogen-bond acceptors (Lipinski definition) is 4. The van der Waals surface area contributed by atoms with E-state index in [0.717, 1.165) is 0 Å². The fourth-order valence-electron chi connectivity index (χ4n) is 0.798. The second-order valence-electron chi connectivity index (χ2n) is 2.38. The van der Waals surface area contributed by atoms with E-state index >= 15 is 0 Å². The van der Waals surface area contributed by atoms with Crippen molar-refractivity contribution in [3.8, 4) is 0 Å². The van der Waals surface area contributed by atoms with Crippen LogP contribution in [-0.4, -0.2) is 27.0 Å². The zero-order chi connectivity index (χ0) is 9.19. The van der Waals surface area contributed by atoms with Crippen LogP contribution in [0.3, 0.4) is 0 Å². The van der Waals surface area contributed by atoms with Gasteiger partial charge in [0, 0.05) is 5.56 Å². The Bertz CT molecular complexity index is 276. The average Bonchev–Trinajstić information content (AvgIpc) is 2.03. The second kappa shape index (κ2) is 3.02. The molecule has 0 amide bonds. The highest BCUT2D eigenvalue weighted by molar-refractivity contribution is 6.01. The minimum atomic E-state index is -3.05. The quantitative estimate of drug-likeness (QED) is 0.360. The third-order valence-electron chi connectivity index (χ3n) is 1.40. The number of nitrogens with one attached hydrogen (secondary N) is 1. The van der Waals surface area contributed by atoms with Crippen LogP contribution in [0.4, 0.5) is 0 Å². The average molecular weight is 167 g/mol. The van der Waals surface area contributed by atoms with Crippen molar-refractivity contribution in [1.29, 1.82) is 5.41 Å². The first kappa shape index (κ1) is 8.86. The molecule has 0 atom stereocenters. The number of hydrogen-bond donors (Lipinski definition) is 4.